The lowest BCUT2D eigenvalue weighted by Gasteiger charge is -2.06. The van der Waals surface area contributed by atoms with Crippen molar-refractivity contribution >= 4 is 17.4 Å². The number of carboxylic acid groups (broad SMARTS) is 1. The highest BCUT2D eigenvalue weighted by molar-refractivity contribution is 6.06. The van der Waals surface area contributed by atoms with E-state index in [1.807, 2.05) is 0 Å². The quantitative estimate of drug-likeness (QED) is 0.387. The van der Waals surface area contributed by atoms with E-state index in [1.165, 1.54) is 18.2 Å². The van der Waals surface area contributed by atoms with Crippen LogP contribution >= 0.6 is 0 Å². The maximum Gasteiger partial charge on any atom is 0.336 e. The van der Waals surface area contributed by atoms with Gasteiger partial charge in [-0.1, -0.05) is 6.42 Å². The van der Waals surface area contributed by atoms with Crippen molar-refractivity contribution < 1.29 is 14.7 Å². The monoisotopic (exact) mass is 250 g/mol. The van der Waals surface area contributed by atoms with Gasteiger partial charge in [0.15, 0.2) is 5.78 Å². The standard InChI is InChI=1S/C13H18N2O3/c14-7-3-1-2-4-12(16)11-8-9(15)5-6-10(11)13(17)18/h5-6,8H,1-4,7,14-15H2,(H,17,18). The van der Waals surface area contributed by atoms with Gasteiger partial charge in [0, 0.05) is 17.7 Å². The number of ketones is 1. The van der Waals surface area contributed by atoms with Gasteiger partial charge in [-0.3, -0.25) is 4.79 Å². The zero-order chi connectivity index (χ0) is 13.5. The molecule has 0 spiro atoms. The molecule has 0 fully saturated rings. The highest BCUT2D eigenvalue weighted by atomic mass is 16.4. The third kappa shape index (κ3) is 3.85. The summed E-state index contributed by atoms with van der Waals surface area (Å²) in [5.41, 5.74) is 11.5. The average Bonchev–Trinajstić information content (AvgIpc) is 2.34. The molecule has 0 aromatic heterocycles. The number of benzene rings is 1. The number of anilines is 1. The molecule has 0 saturated heterocycles. The van der Waals surface area contributed by atoms with Crippen LogP contribution in [0.15, 0.2) is 18.2 Å². The number of carbonyl (C=O) groups is 2. The highest BCUT2D eigenvalue weighted by Gasteiger charge is 2.16. The fraction of sp³-hybridized carbons (Fsp3) is 0.385. The summed E-state index contributed by atoms with van der Waals surface area (Å²) in [6.07, 6.45) is 2.77. The number of hydrogen-bond acceptors (Lipinski definition) is 4. The van der Waals surface area contributed by atoms with Crippen molar-refractivity contribution in [3.63, 3.8) is 0 Å². The minimum atomic E-state index is -1.11. The van der Waals surface area contributed by atoms with Crippen LogP contribution < -0.4 is 11.5 Å². The molecule has 5 N–H and O–H groups in total. The second-order valence-corrected chi connectivity index (χ2v) is 4.13. The zero-order valence-corrected chi connectivity index (χ0v) is 10.2. The van der Waals surface area contributed by atoms with Crippen LogP contribution in [0.4, 0.5) is 5.69 Å². The molecule has 5 nitrogen and oxygen atoms in total. The van der Waals surface area contributed by atoms with Crippen LogP contribution in [0.3, 0.4) is 0 Å². The van der Waals surface area contributed by atoms with Gasteiger partial charge in [0.1, 0.15) is 0 Å². The van der Waals surface area contributed by atoms with Crippen LogP contribution in [-0.4, -0.2) is 23.4 Å². The van der Waals surface area contributed by atoms with Gasteiger partial charge in [-0.15, -0.1) is 0 Å². The second-order valence-electron chi connectivity index (χ2n) is 4.13. The van der Waals surface area contributed by atoms with Crippen molar-refractivity contribution in [2.24, 2.45) is 5.73 Å². The molecular formula is C13H18N2O3. The van der Waals surface area contributed by atoms with E-state index < -0.39 is 5.97 Å². The molecule has 0 amide bonds. The number of carboxylic acids is 1. The van der Waals surface area contributed by atoms with Gasteiger partial charge in [0.25, 0.3) is 0 Å². The van der Waals surface area contributed by atoms with E-state index in [1.54, 1.807) is 0 Å². The molecule has 18 heavy (non-hydrogen) atoms. The summed E-state index contributed by atoms with van der Waals surface area (Å²) in [4.78, 5) is 22.9. The molecule has 5 heteroatoms. The van der Waals surface area contributed by atoms with Gasteiger partial charge in [-0.2, -0.15) is 0 Å². The number of hydrogen-bond donors (Lipinski definition) is 3. The van der Waals surface area contributed by atoms with Gasteiger partial charge in [0.05, 0.1) is 5.56 Å². The van der Waals surface area contributed by atoms with Crippen LogP contribution in [-0.2, 0) is 0 Å². The van der Waals surface area contributed by atoms with E-state index >= 15 is 0 Å². The molecule has 98 valence electrons. The van der Waals surface area contributed by atoms with E-state index in [0.717, 1.165) is 12.8 Å². The lowest BCUT2D eigenvalue weighted by Crippen LogP contribution is -2.09. The first-order valence-corrected chi connectivity index (χ1v) is 5.92. The third-order valence-corrected chi connectivity index (χ3v) is 2.68. The largest absolute Gasteiger partial charge is 0.478 e. The summed E-state index contributed by atoms with van der Waals surface area (Å²) in [7, 11) is 0. The molecule has 0 aliphatic heterocycles. The van der Waals surface area contributed by atoms with Crippen molar-refractivity contribution in [3.05, 3.63) is 29.3 Å². The Hall–Kier alpha value is -1.88. The molecule has 0 aliphatic rings. The van der Waals surface area contributed by atoms with Crippen molar-refractivity contribution in [2.75, 3.05) is 12.3 Å². The van der Waals surface area contributed by atoms with Gasteiger partial charge >= 0.3 is 5.97 Å². The van der Waals surface area contributed by atoms with Crippen LogP contribution in [0.25, 0.3) is 0 Å². The second kappa shape index (κ2) is 6.76. The first kappa shape index (κ1) is 14.2. The Morgan fingerprint density at radius 1 is 1.11 bits per heavy atom. The Bertz CT molecular complexity index is 444. The van der Waals surface area contributed by atoms with Crippen LogP contribution in [0.1, 0.15) is 46.4 Å². The van der Waals surface area contributed by atoms with Gasteiger partial charge in [0.2, 0.25) is 0 Å². The van der Waals surface area contributed by atoms with E-state index in [2.05, 4.69) is 0 Å². The lowest BCUT2D eigenvalue weighted by molar-refractivity contribution is 0.0691. The molecule has 0 saturated carbocycles. The Labute approximate surface area is 106 Å². The minimum absolute atomic E-state index is 0.00743. The van der Waals surface area contributed by atoms with E-state index in [9.17, 15) is 9.59 Å². The smallest absolute Gasteiger partial charge is 0.336 e. The van der Waals surface area contributed by atoms with Gasteiger partial charge in [-0.05, 0) is 37.6 Å². The molecule has 0 radical (unpaired) electrons. The van der Waals surface area contributed by atoms with Crippen molar-refractivity contribution in [1.29, 1.82) is 0 Å². The molecule has 0 atom stereocenters. The summed E-state index contributed by atoms with van der Waals surface area (Å²) < 4.78 is 0. The Morgan fingerprint density at radius 2 is 1.83 bits per heavy atom. The lowest BCUT2D eigenvalue weighted by atomic mass is 9.99. The van der Waals surface area contributed by atoms with Gasteiger partial charge in [-0.25, -0.2) is 4.79 Å². The van der Waals surface area contributed by atoms with E-state index in [0.29, 0.717) is 25.1 Å². The first-order chi connectivity index (χ1) is 8.56. The Balaban J connectivity index is 2.77. The van der Waals surface area contributed by atoms with Crippen molar-refractivity contribution in [2.45, 2.75) is 25.7 Å². The molecule has 1 aromatic rings. The van der Waals surface area contributed by atoms with Crippen molar-refractivity contribution in [3.8, 4) is 0 Å². The first-order valence-electron chi connectivity index (χ1n) is 5.92. The number of nitrogen functional groups attached to an aromatic ring is 1. The van der Waals surface area contributed by atoms with Gasteiger partial charge < -0.3 is 16.6 Å². The normalized spacial score (nSPS) is 10.3. The Kier molecular flexibility index (Phi) is 5.32. The fourth-order valence-electron chi connectivity index (χ4n) is 1.72. The number of carbonyl (C=O) groups excluding carboxylic acids is 1. The highest BCUT2D eigenvalue weighted by Crippen LogP contribution is 2.17. The summed E-state index contributed by atoms with van der Waals surface area (Å²) in [5.74, 6) is -1.29. The predicted molar refractivity (Wildman–Crippen MR) is 69.7 cm³/mol. The number of unbranched alkanes of at least 4 members (excludes halogenated alkanes) is 2. The number of aromatic carboxylic acids is 1. The molecule has 1 rings (SSSR count). The summed E-state index contributed by atoms with van der Waals surface area (Å²) >= 11 is 0. The molecule has 0 unspecified atom stereocenters. The number of Topliss-reactive ketones (excluding diaryl/α,β-unsaturated/α-hetero) is 1. The molecule has 0 bridgehead atoms. The summed E-state index contributed by atoms with van der Waals surface area (Å²) in [6, 6.07) is 4.27. The van der Waals surface area contributed by atoms with Crippen LogP contribution in [0.5, 0.6) is 0 Å². The molecule has 0 aliphatic carbocycles. The third-order valence-electron chi connectivity index (χ3n) is 2.68. The summed E-state index contributed by atoms with van der Waals surface area (Å²) in [6.45, 7) is 0.604. The maximum atomic E-state index is 11.9. The van der Waals surface area contributed by atoms with Crippen LogP contribution in [0.2, 0.25) is 0 Å². The van der Waals surface area contributed by atoms with E-state index in [4.69, 9.17) is 16.6 Å². The predicted octanol–water partition coefficient (Wildman–Crippen LogP) is 1.67. The molecule has 0 heterocycles. The topological polar surface area (TPSA) is 106 Å². The number of nitrogens with two attached hydrogens (primary N) is 2. The molecule has 1 aromatic carbocycles. The number of rotatable bonds is 7. The maximum absolute atomic E-state index is 11.9. The van der Waals surface area contributed by atoms with Crippen LogP contribution in [0, 0.1) is 0 Å². The summed E-state index contributed by atoms with van der Waals surface area (Å²) in [5, 5.41) is 9.01. The Morgan fingerprint density at radius 3 is 2.44 bits per heavy atom. The zero-order valence-electron chi connectivity index (χ0n) is 10.2. The molecular weight excluding hydrogens is 232 g/mol. The minimum Gasteiger partial charge on any atom is -0.478 e. The SMILES string of the molecule is NCCCCCC(=O)c1cc(N)ccc1C(=O)O. The van der Waals surface area contributed by atoms with Crippen molar-refractivity contribution in [1.82, 2.24) is 0 Å². The average molecular weight is 250 g/mol. The van der Waals surface area contributed by atoms with E-state index in [-0.39, 0.29) is 16.9 Å². The fourth-order valence-corrected chi connectivity index (χ4v) is 1.72.